The maximum Gasteiger partial charge on any atom is 0.256 e. The third-order valence-corrected chi connectivity index (χ3v) is 3.86. The summed E-state index contributed by atoms with van der Waals surface area (Å²) in [6.07, 6.45) is 3.65. The van der Waals surface area contributed by atoms with Gasteiger partial charge in [-0.15, -0.1) is 0 Å². The third-order valence-electron chi connectivity index (χ3n) is 3.53. The van der Waals surface area contributed by atoms with Gasteiger partial charge >= 0.3 is 0 Å². The van der Waals surface area contributed by atoms with Gasteiger partial charge in [0.1, 0.15) is 0 Å². The second-order valence-electron chi connectivity index (χ2n) is 4.97. The van der Waals surface area contributed by atoms with E-state index >= 15 is 0 Å². The van der Waals surface area contributed by atoms with Crippen LogP contribution in [-0.4, -0.2) is 41.8 Å². The molecule has 0 radical (unpaired) electrons. The van der Waals surface area contributed by atoms with E-state index in [2.05, 4.69) is 10.3 Å². The number of likely N-dealkylation sites (tertiary alicyclic amines) is 1. The van der Waals surface area contributed by atoms with Gasteiger partial charge in [0.05, 0.1) is 16.0 Å². The van der Waals surface area contributed by atoms with Crippen LogP contribution in [0.3, 0.4) is 0 Å². The molecule has 1 aromatic heterocycles. The first kappa shape index (κ1) is 13.8. The number of rotatable bonds is 2. The van der Waals surface area contributed by atoms with Crippen LogP contribution in [0.25, 0.3) is 0 Å². The third kappa shape index (κ3) is 2.56. The highest BCUT2D eigenvalue weighted by molar-refractivity contribution is 6.33. The standard InChI is InChI=1S/C13H16ClN3O2/c1-13(12(19)15-2)4-6-17(8-13)11(18)9-7-16-5-3-10(9)14/h3,5,7H,4,6,8H2,1-2H3,(H,15,19). The zero-order chi connectivity index (χ0) is 14.0. The van der Waals surface area contributed by atoms with Crippen molar-refractivity contribution in [1.29, 1.82) is 0 Å². The summed E-state index contributed by atoms with van der Waals surface area (Å²) >= 11 is 5.99. The molecule has 1 atom stereocenters. The molecule has 0 aromatic carbocycles. The smallest absolute Gasteiger partial charge is 0.256 e. The molecule has 1 unspecified atom stereocenters. The molecule has 5 nitrogen and oxygen atoms in total. The van der Waals surface area contributed by atoms with Gasteiger partial charge in [0.15, 0.2) is 0 Å². The molecule has 2 heterocycles. The SMILES string of the molecule is CNC(=O)C1(C)CCN(C(=O)c2cnccc2Cl)C1. The predicted molar refractivity (Wildman–Crippen MR) is 71.9 cm³/mol. The van der Waals surface area contributed by atoms with E-state index in [1.807, 2.05) is 6.92 Å². The molecule has 1 aliphatic rings. The highest BCUT2D eigenvalue weighted by Gasteiger charge is 2.41. The van der Waals surface area contributed by atoms with E-state index in [1.165, 1.54) is 12.4 Å². The molecule has 1 fully saturated rings. The number of amides is 2. The van der Waals surface area contributed by atoms with Crippen molar-refractivity contribution in [3.63, 3.8) is 0 Å². The molecule has 19 heavy (non-hydrogen) atoms. The number of aromatic nitrogens is 1. The number of halogens is 1. The maximum atomic E-state index is 12.3. The lowest BCUT2D eigenvalue weighted by Crippen LogP contribution is -2.40. The van der Waals surface area contributed by atoms with Gasteiger partial charge in [-0.3, -0.25) is 14.6 Å². The van der Waals surface area contributed by atoms with E-state index in [0.717, 1.165) is 0 Å². The first-order valence-electron chi connectivity index (χ1n) is 6.09. The summed E-state index contributed by atoms with van der Waals surface area (Å²) in [7, 11) is 1.61. The van der Waals surface area contributed by atoms with Gasteiger partial charge in [0.25, 0.3) is 5.91 Å². The Hall–Kier alpha value is -1.62. The number of pyridine rings is 1. The van der Waals surface area contributed by atoms with Crippen LogP contribution in [0.5, 0.6) is 0 Å². The molecular weight excluding hydrogens is 266 g/mol. The van der Waals surface area contributed by atoms with Crippen LogP contribution in [0.4, 0.5) is 0 Å². The van der Waals surface area contributed by atoms with Crippen LogP contribution >= 0.6 is 11.6 Å². The van der Waals surface area contributed by atoms with E-state index in [4.69, 9.17) is 11.6 Å². The Kier molecular flexibility index (Phi) is 3.75. The minimum atomic E-state index is -0.529. The summed E-state index contributed by atoms with van der Waals surface area (Å²) in [5.41, 5.74) is -0.149. The summed E-state index contributed by atoms with van der Waals surface area (Å²) in [5.74, 6) is -0.217. The maximum absolute atomic E-state index is 12.3. The van der Waals surface area contributed by atoms with Crippen LogP contribution < -0.4 is 5.32 Å². The van der Waals surface area contributed by atoms with Gasteiger partial charge in [-0.2, -0.15) is 0 Å². The Morgan fingerprint density at radius 1 is 1.53 bits per heavy atom. The fourth-order valence-electron chi connectivity index (χ4n) is 2.33. The van der Waals surface area contributed by atoms with Crippen molar-refractivity contribution in [3.05, 3.63) is 29.0 Å². The predicted octanol–water partition coefficient (Wildman–Crippen LogP) is 1.33. The lowest BCUT2D eigenvalue weighted by molar-refractivity contribution is -0.128. The van der Waals surface area contributed by atoms with Crippen LogP contribution in [0.2, 0.25) is 5.02 Å². The molecule has 0 saturated carbocycles. The minimum absolute atomic E-state index is 0.0416. The van der Waals surface area contributed by atoms with Gasteiger partial charge < -0.3 is 10.2 Å². The average molecular weight is 282 g/mol. The van der Waals surface area contributed by atoms with E-state index in [9.17, 15) is 9.59 Å². The van der Waals surface area contributed by atoms with E-state index in [1.54, 1.807) is 18.0 Å². The Morgan fingerprint density at radius 2 is 2.26 bits per heavy atom. The first-order valence-corrected chi connectivity index (χ1v) is 6.47. The van der Waals surface area contributed by atoms with Crippen molar-refractivity contribution in [3.8, 4) is 0 Å². The highest BCUT2D eigenvalue weighted by atomic mass is 35.5. The van der Waals surface area contributed by atoms with Crippen molar-refractivity contribution < 1.29 is 9.59 Å². The molecule has 1 N–H and O–H groups in total. The minimum Gasteiger partial charge on any atom is -0.359 e. The molecule has 1 aliphatic heterocycles. The zero-order valence-electron chi connectivity index (χ0n) is 10.9. The fraction of sp³-hybridized carbons (Fsp3) is 0.462. The zero-order valence-corrected chi connectivity index (χ0v) is 11.7. The molecule has 0 aliphatic carbocycles. The molecule has 2 amide bonds. The van der Waals surface area contributed by atoms with Gasteiger partial charge in [-0.25, -0.2) is 0 Å². The molecular formula is C13H16ClN3O2. The van der Waals surface area contributed by atoms with Crippen LogP contribution in [0.1, 0.15) is 23.7 Å². The number of carbonyl (C=O) groups excluding carboxylic acids is 2. The Labute approximate surface area is 117 Å². The van der Waals surface area contributed by atoms with Crippen LogP contribution in [0, 0.1) is 5.41 Å². The van der Waals surface area contributed by atoms with Crippen molar-refractivity contribution in [1.82, 2.24) is 15.2 Å². The Morgan fingerprint density at radius 3 is 2.89 bits per heavy atom. The van der Waals surface area contributed by atoms with Gasteiger partial charge in [-0.05, 0) is 19.4 Å². The molecule has 0 bridgehead atoms. The number of nitrogens with one attached hydrogen (secondary N) is 1. The van der Waals surface area contributed by atoms with Gasteiger partial charge in [0.2, 0.25) is 5.91 Å². The average Bonchev–Trinajstić information content (AvgIpc) is 2.81. The Bertz CT molecular complexity index is 520. The van der Waals surface area contributed by atoms with Crippen molar-refractivity contribution in [2.24, 2.45) is 5.41 Å². The summed E-state index contributed by atoms with van der Waals surface area (Å²) < 4.78 is 0. The summed E-state index contributed by atoms with van der Waals surface area (Å²) in [4.78, 5) is 29.7. The number of hydrogen-bond donors (Lipinski definition) is 1. The molecule has 1 aromatic rings. The molecule has 2 rings (SSSR count). The number of nitrogens with zero attached hydrogens (tertiary/aromatic N) is 2. The van der Waals surface area contributed by atoms with Gasteiger partial charge in [0, 0.05) is 32.5 Å². The lowest BCUT2D eigenvalue weighted by atomic mass is 9.89. The van der Waals surface area contributed by atoms with Crippen molar-refractivity contribution in [2.45, 2.75) is 13.3 Å². The summed E-state index contributed by atoms with van der Waals surface area (Å²) in [5, 5.41) is 3.03. The largest absolute Gasteiger partial charge is 0.359 e. The summed E-state index contributed by atoms with van der Waals surface area (Å²) in [6, 6.07) is 1.59. The first-order chi connectivity index (χ1) is 8.98. The van der Waals surface area contributed by atoms with Gasteiger partial charge in [-0.1, -0.05) is 11.6 Å². The topological polar surface area (TPSA) is 62.3 Å². The highest BCUT2D eigenvalue weighted by Crippen LogP contribution is 2.31. The number of carbonyl (C=O) groups is 2. The molecule has 0 spiro atoms. The number of hydrogen-bond acceptors (Lipinski definition) is 3. The molecule has 102 valence electrons. The quantitative estimate of drug-likeness (QED) is 0.890. The molecule has 1 saturated heterocycles. The summed E-state index contributed by atoms with van der Waals surface area (Å²) in [6.45, 7) is 2.81. The molecule has 6 heteroatoms. The van der Waals surface area contributed by atoms with Crippen molar-refractivity contribution >= 4 is 23.4 Å². The lowest BCUT2D eigenvalue weighted by Gasteiger charge is -2.22. The van der Waals surface area contributed by atoms with E-state index in [0.29, 0.717) is 30.1 Å². The normalized spacial score (nSPS) is 22.4. The fourth-order valence-corrected chi connectivity index (χ4v) is 2.51. The van der Waals surface area contributed by atoms with E-state index < -0.39 is 5.41 Å². The van der Waals surface area contributed by atoms with Crippen LogP contribution in [-0.2, 0) is 4.79 Å². The van der Waals surface area contributed by atoms with Crippen LogP contribution in [0.15, 0.2) is 18.5 Å². The second-order valence-corrected chi connectivity index (χ2v) is 5.38. The second kappa shape index (κ2) is 5.17. The monoisotopic (exact) mass is 281 g/mol. The van der Waals surface area contributed by atoms with E-state index in [-0.39, 0.29) is 11.8 Å². The Balaban J connectivity index is 2.16. The van der Waals surface area contributed by atoms with Crippen molar-refractivity contribution in [2.75, 3.05) is 20.1 Å².